The van der Waals surface area contributed by atoms with Crippen molar-refractivity contribution in [3.8, 4) is 0 Å². The van der Waals surface area contributed by atoms with Crippen molar-refractivity contribution in [3.05, 3.63) is 11.3 Å². The third-order valence-corrected chi connectivity index (χ3v) is 1.65. The lowest BCUT2D eigenvalue weighted by Crippen LogP contribution is -1.98. The molecule has 1 rings (SSSR count). The van der Waals surface area contributed by atoms with E-state index in [0.717, 1.165) is 11.3 Å². The number of anilines is 1. The molecule has 0 aliphatic heterocycles. The average molecular weight is 159 g/mol. The second-order valence-corrected chi connectivity index (χ2v) is 2.39. The zero-order chi connectivity index (χ0) is 7.56. The van der Waals surface area contributed by atoms with Gasteiger partial charge in [0, 0.05) is 6.92 Å². The van der Waals surface area contributed by atoms with Crippen molar-refractivity contribution in [2.24, 2.45) is 0 Å². The third kappa shape index (κ3) is 1.16. The highest BCUT2D eigenvalue weighted by molar-refractivity contribution is 7.25. The van der Waals surface area contributed by atoms with Crippen LogP contribution in [0.1, 0.15) is 11.3 Å². The first-order valence-electron chi connectivity index (χ1n) is 2.81. The Morgan fingerprint density at radius 2 is 2.30 bits per heavy atom. The van der Waals surface area contributed by atoms with Crippen molar-refractivity contribution in [2.45, 2.75) is 13.8 Å². The summed E-state index contributed by atoms with van der Waals surface area (Å²) < 4.78 is 14.9. The molecule has 0 fully saturated rings. The molecule has 5 heteroatoms. The molecular formula is C5H8N2O2P+. The van der Waals surface area contributed by atoms with Gasteiger partial charge >= 0.3 is 0 Å². The first-order valence-corrected chi connectivity index (χ1v) is 3.63. The van der Waals surface area contributed by atoms with E-state index in [1.807, 2.05) is 13.8 Å². The number of aromatic amines is 1. The fourth-order valence-corrected chi connectivity index (χ4v) is 0.895. The Morgan fingerprint density at radius 1 is 1.60 bits per heavy atom. The molecule has 0 aliphatic carbocycles. The summed E-state index contributed by atoms with van der Waals surface area (Å²) in [5.41, 5.74) is 1.88. The number of hydrogen-bond acceptors (Lipinski definition) is 2. The molecule has 2 N–H and O–H groups in total. The predicted molar refractivity (Wildman–Crippen MR) is 36.0 cm³/mol. The maximum atomic E-state index is 10.0. The number of rotatable bonds is 2. The van der Waals surface area contributed by atoms with Gasteiger partial charge in [0.1, 0.15) is 0 Å². The first kappa shape index (κ1) is 7.22. The van der Waals surface area contributed by atoms with Crippen molar-refractivity contribution < 1.29 is 14.2 Å². The van der Waals surface area contributed by atoms with Crippen LogP contribution in [-0.4, -0.2) is 0 Å². The molecular weight excluding hydrogens is 151 g/mol. The van der Waals surface area contributed by atoms with Gasteiger partial charge in [-0.1, -0.05) is 0 Å². The Balaban J connectivity index is 2.93. The predicted octanol–water partition coefficient (Wildman–Crippen LogP) is 1.33. The molecule has 1 heterocycles. The molecule has 0 unspecified atom stereocenters. The molecule has 4 nitrogen and oxygen atoms in total. The van der Waals surface area contributed by atoms with Crippen LogP contribution in [0.25, 0.3) is 0 Å². The second-order valence-electron chi connectivity index (χ2n) is 1.99. The number of H-pyrrole nitrogens is 1. The highest BCUT2D eigenvalue weighted by Crippen LogP contribution is 2.16. The molecule has 0 aliphatic rings. The quantitative estimate of drug-likeness (QED) is 0.662. The standard InChI is InChI=1S/C5H7N2O2P/c1-3-4(2)6-9-5(3)7-10-8/h1-2H3,(H,7,8)/p+1. The minimum atomic E-state index is -0.150. The molecule has 0 bridgehead atoms. The molecule has 0 atom stereocenters. The van der Waals surface area contributed by atoms with Crippen LogP contribution in [-0.2, 0) is 4.57 Å². The summed E-state index contributed by atoms with van der Waals surface area (Å²) >= 11 is 0. The Hall–Kier alpha value is -0.890. The minimum absolute atomic E-state index is 0.150. The molecule has 1 aromatic heterocycles. The summed E-state index contributed by atoms with van der Waals surface area (Å²) in [6, 6.07) is 0. The molecule has 0 saturated heterocycles. The zero-order valence-electron chi connectivity index (χ0n) is 5.76. The average Bonchev–Trinajstić information content (AvgIpc) is 2.20. The van der Waals surface area contributed by atoms with E-state index in [1.54, 1.807) is 0 Å². The molecule has 0 spiro atoms. The lowest BCUT2D eigenvalue weighted by Gasteiger charge is -1.83. The highest BCUT2D eigenvalue weighted by atomic mass is 31.1. The van der Waals surface area contributed by atoms with Crippen LogP contribution in [0.4, 0.5) is 5.88 Å². The molecule has 0 saturated carbocycles. The fraction of sp³-hybridized carbons (Fsp3) is 0.400. The van der Waals surface area contributed by atoms with Crippen LogP contribution in [0.3, 0.4) is 0 Å². The largest absolute Gasteiger partial charge is 0.288 e. The smallest absolute Gasteiger partial charge is 0.269 e. The Kier molecular flexibility index (Phi) is 2.02. The maximum absolute atomic E-state index is 10.0. The van der Waals surface area contributed by atoms with Crippen LogP contribution in [0, 0.1) is 13.8 Å². The summed E-state index contributed by atoms with van der Waals surface area (Å²) in [5.74, 6) is 0.522. The minimum Gasteiger partial charge on any atom is -0.269 e. The van der Waals surface area contributed by atoms with Crippen molar-refractivity contribution in [1.82, 2.24) is 0 Å². The summed E-state index contributed by atoms with van der Waals surface area (Å²) in [4.78, 5) is 0. The van der Waals surface area contributed by atoms with Gasteiger partial charge in [0.25, 0.3) is 14.5 Å². The van der Waals surface area contributed by atoms with Crippen LogP contribution < -0.4 is 10.2 Å². The van der Waals surface area contributed by atoms with Gasteiger partial charge in [-0.25, -0.2) is 9.09 Å². The van der Waals surface area contributed by atoms with Crippen LogP contribution in [0.15, 0.2) is 4.52 Å². The number of aromatic nitrogens is 1. The zero-order valence-corrected chi connectivity index (χ0v) is 6.66. The van der Waals surface area contributed by atoms with Gasteiger partial charge in [-0.05, 0) is 12.1 Å². The molecule has 0 radical (unpaired) electrons. The van der Waals surface area contributed by atoms with Crippen LogP contribution in [0.5, 0.6) is 0 Å². The summed E-state index contributed by atoms with van der Waals surface area (Å²) in [6.07, 6.45) is 0. The number of aryl methyl sites for hydroxylation is 1. The van der Waals surface area contributed by atoms with Crippen molar-refractivity contribution >= 4 is 14.5 Å². The van der Waals surface area contributed by atoms with Gasteiger partial charge in [-0.2, -0.15) is 0 Å². The van der Waals surface area contributed by atoms with Gasteiger partial charge in [0.15, 0.2) is 0 Å². The summed E-state index contributed by atoms with van der Waals surface area (Å²) in [7, 11) is -0.150. The SMILES string of the molecule is Cc1[nH+]oc(NP=O)c1C. The molecule has 0 amide bonds. The van der Waals surface area contributed by atoms with Crippen molar-refractivity contribution in [2.75, 3.05) is 5.09 Å². The third-order valence-electron chi connectivity index (χ3n) is 1.36. The number of nitrogens with one attached hydrogen (secondary N) is 2. The van der Waals surface area contributed by atoms with E-state index in [4.69, 9.17) is 4.52 Å². The summed E-state index contributed by atoms with van der Waals surface area (Å²) in [6.45, 7) is 3.76. The van der Waals surface area contributed by atoms with E-state index >= 15 is 0 Å². The Bertz CT molecular complexity index is 246. The van der Waals surface area contributed by atoms with Crippen LogP contribution in [0.2, 0.25) is 0 Å². The first-order chi connectivity index (χ1) is 4.75. The van der Waals surface area contributed by atoms with Crippen molar-refractivity contribution in [3.63, 3.8) is 0 Å². The van der Waals surface area contributed by atoms with E-state index in [9.17, 15) is 4.57 Å². The van der Waals surface area contributed by atoms with E-state index < -0.39 is 0 Å². The van der Waals surface area contributed by atoms with Gasteiger partial charge < -0.3 is 0 Å². The summed E-state index contributed by atoms with van der Waals surface area (Å²) in [5, 5.41) is 5.16. The highest BCUT2D eigenvalue weighted by Gasteiger charge is 2.12. The molecule has 0 aromatic carbocycles. The van der Waals surface area contributed by atoms with E-state index in [0.29, 0.717) is 5.88 Å². The molecule has 1 aromatic rings. The normalized spacial score (nSPS) is 10.2. The van der Waals surface area contributed by atoms with E-state index in [2.05, 4.69) is 10.2 Å². The van der Waals surface area contributed by atoms with Gasteiger partial charge in [0.05, 0.1) is 5.56 Å². The second kappa shape index (κ2) is 2.80. The molecule has 10 heavy (non-hydrogen) atoms. The fourth-order valence-electron chi connectivity index (χ4n) is 0.599. The van der Waals surface area contributed by atoms with Gasteiger partial charge in [0.2, 0.25) is 5.69 Å². The van der Waals surface area contributed by atoms with Gasteiger partial charge in [-0.15, -0.1) is 0 Å². The Labute approximate surface area is 59.9 Å². The lowest BCUT2D eigenvalue weighted by atomic mass is 10.3. The van der Waals surface area contributed by atoms with Gasteiger partial charge in [-0.3, -0.25) is 5.09 Å². The van der Waals surface area contributed by atoms with Crippen LogP contribution >= 0.6 is 8.61 Å². The lowest BCUT2D eigenvalue weighted by molar-refractivity contribution is -0.611. The van der Waals surface area contributed by atoms with Crippen molar-refractivity contribution in [1.29, 1.82) is 0 Å². The van der Waals surface area contributed by atoms with E-state index in [1.165, 1.54) is 0 Å². The monoisotopic (exact) mass is 159 g/mol. The topological polar surface area (TPSA) is 56.4 Å². The number of hydrogen-bond donors (Lipinski definition) is 1. The van der Waals surface area contributed by atoms with E-state index in [-0.39, 0.29) is 8.61 Å². The Morgan fingerprint density at radius 3 is 2.70 bits per heavy atom. The molecule has 54 valence electrons. The maximum Gasteiger partial charge on any atom is 0.288 e.